The fourth-order valence-corrected chi connectivity index (χ4v) is 2.44. The van der Waals surface area contributed by atoms with Crippen LogP contribution in [0.25, 0.3) is 0 Å². The number of carbonyl (C=O) groups is 2. The fraction of sp³-hybridized carbons (Fsp3) is 0.857. The summed E-state index contributed by atoms with van der Waals surface area (Å²) < 4.78 is 0. The largest absolute Gasteiger partial charge is 0.343 e. The van der Waals surface area contributed by atoms with Crippen molar-refractivity contribution in [3.05, 3.63) is 0 Å². The minimum Gasteiger partial charge on any atom is -0.343 e. The molecule has 1 heterocycles. The molecular formula is C14H28ClN3O2. The van der Waals surface area contributed by atoms with Crippen LogP contribution in [0.4, 0.5) is 0 Å². The molecule has 2 amide bonds. The van der Waals surface area contributed by atoms with Crippen LogP contribution in [0, 0.1) is 0 Å². The maximum absolute atomic E-state index is 12.2. The van der Waals surface area contributed by atoms with E-state index in [1.807, 2.05) is 11.8 Å². The Balaban J connectivity index is 0.00000361. The number of amides is 2. The quantitative estimate of drug-likeness (QED) is 0.807. The standard InChI is InChI=1S/C14H27N3O2.ClH/c1-4-8-14(3,15)13(19)16-11(2)12(18)17-9-6-5-7-10-17;/h11H,4-10,15H2,1-3H3,(H,16,19);1H. The minimum absolute atomic E-state index is 0. The van der Waals surface area contributed by atoms with Crippen LogP contribution in [-0.2, 0) is 9.59 Å². The van der Waals surface area contributed by atoms with Crippen molar-refractivity contribution in [2.24, 2.45) is 5.73 Å². The van der Waals surface area contributed by atoms with Crippen LogP contribution in [0.2, 0.25) is 0 Å². The first-order valence-electron chi connectivity index (χ1n) is 7.27. The van der Waals surface area contributed by atoms with Crippen LogP contribution in [0.5, 0.6) is 0 Å². The van der Waals surface area contributed by atoms with Gasteiger partial charge in [0.05, 0.1) is 5.54 Å². The normalized spacial score (nSPS) is 19.5. The molecule has 5 nitrogen and oxygen atoms in total. The summed E-state index contributed by atoms with van der Waals surface area (Å²) >= 11 is 0. The van der Waals surface area contributed by atoms with Gasteiger partial charge >= 0.3 is 0 Å². The van der Waals surface area contributed by atoms with Crippen molar-refractivity contribution < 1.29 is 9.59 Å². The van der Waals surface area contributed by atoms with Gasteiger partial charge in [0.25, 0.3) is 0 Å². The molecule has 0 spiro atoms. The van der Waals surface area contributed by atoms with Crippen molar-refractivity contribution in [3.63, 3.8) is 0 Å². The van der Waals surface area contributed by atoms with E-state index < -0.39 is 11.6 Å². The molecular weight excluding hydrogens is 278 g/mol. The van der Waals surface area contributed by atoms with Gasteiger partial charge in [0.2, 0.25) is 11.8 Å². The molecule has 0 aromatic carbocycles. The summed E-state index contributed by atoms with van der Waals surface area (Å²) in [4.78, 5) is 26.1. The maximum Gasteiger partial charge on any atom is 0.244 e. The lowest BCUT2D eigenvalue weighted by atomic mass is 9.96. The van der Waals surface area contributed by atoms with Gasteiger partial charge in [-0.25, -0.2) is 0 Å². The lowest BCUT2D eigenvalue weighted by Crippen LogP contribution is -2.57. The van der Waals surface area contributed by atoms with Crippen LogP contribution >= 0.6 is 12.4 Å². The molecule has 0 bridgehead atoms. The molecule has 6 heteroatoms. The smallest absolute Gasteiger partial charge is 0.244 e. The summed E-state index contributed by atoms with van der Waals surface area (Å²) in [6.07, 6.45) is 4.74. The lowest BCUT2D eigenvalue weighted by Gasteiger charge is -2.31. The van der Waals surface area contributed by atoms with E-state index in [0.717, 1.165) is 32.4 Å². The SMILES string of the molecule is CCCC(C)(N)C(=O)NC(C)C(=O)N1CCCCC1.Cl. The predicted molar refractivity (Wildman–Crippen MR) is 82.8 cm³/mol. The Morgan fingerprint density at radius 2 is 1.85 bits per heavy atom. The Kier molecular flexibility index (Phi) is 8.13. The van der Waals surface area contributed by atoms with E-state index in [1.165, 1.54) is 6.42 Å². The van der Waals surface area contributed by atoms with E-state index in [4.69, 9.17) is 5.73 Å². The van der Waals surface area contributed by atoms with E-state index in [1.54, 1.807) is 13.8 Å². The third kappa shape index (κ3) is 5.29. The van der Waals surface area contributed by atoms with Crippen molar-refractivity contribution in [1.82, 2.24) is 10.2 Å². The molecule has 118 valence electrons. The highest BCUT2D eigenvalue weighted by Crippen LogP contribution is 2.12. The molecule has 3 N–H and O–H groups in total. The molecule has 1 aliphatic rings. The van der Waals surface area contributed by atoms with Gasteiger partial charge in [-0.05, 0) is 39.5 Å². The molecule has 1 rings (SSSR count). The first-order chi connectivity index (χ1) is 8.88. The highest BCUT2D eigenvalue weighted by Gasteiger charge is 2.31. The summed E-state index contributed by atoms with van der Waals surface area (Å²) in [5, 5.41) is 2.75. The summed E-state index contributed by atoms with van der Waals surface area (Å²) in [5.41, 5.74) is 5.06. The van der Waals surface area contributed by atoms with Gasteiger partial charge in [-0.1, -0.05) is 13.3 Å². The van der Waals surface area contributed by atoms with Gasteiger partial charge in [0.1, 0.15) is 6.04 Å². The molecule has 0 aromatic rings. The van der Waals surface area contributed by atoms with E-state index in [2.05, 4.69) is 5.32 Å². The Morgan fingerprint density at radius 3 is 2.35 bits per heavy atom. The topological polar surface area (TPSA) is 75.4 Å². The van der Waals surface area contributed by atoms with Crippen LogP contribution in [0.15, 0.2) is 0 Å². The van der Waals surface area contributed by atoms with Crippen molar-refractivity contribution >= 4 is 24.2 Å². The zero-order chi connectivity index (χ0) is 14.5. The Morgan fingerprint density at radius 1 is 1.30 bits per heavy atom. The summed E-state index contributed by atoms with van der Waals surface area (Å²) in [7, 11) is 0. The van der Waals surface area contributed by atoms with Gasteiger partial charge in [-0.15, -0.1) is 12.4 Å². The Labute approximate surface area is 128 Å². The molecule has 1 saturated heterocycles. The number of piperidine rings is 1. The number of halogens is 1. The van der Waals surface area contributed by atoms with Crippen LogP contribution in [-0.4, -0.2) is 41.4 Å². The highest BCUT2D eigenvalue weighted by atomic mass is 35.5. The van der Waals surface area contributed by atoms with Crippen LogP contribution in [0.3, 0.4) is 0 Å². The van der Waals surface area contributed by atoms with Gasteiger partial charge < -0.3 is 16.0 Å². The maximum atomic E-state index is 12.2. The molecule has 0 aromatic heterocycles. The Bertz CT molecular complexity index is 328. The lowest BCUT2D eigenvalue weighted by molar-refractivity contribution is -0.137. The first-order valence-corrected chi connectivity index (χ1v) is 7.27. The second-order valence-corrected chi connectivity index (χ2v) is 5.75. The van der Waals surface area contributed by atoms with Crippen molar-refractivity contribution in [2.45, 2.75) is 64.5 Å². The van der Waals surface area contributed by atoms with Gasteiger partial charge in [-0.2, -0.15) is 0 Å². The number of likely N-dealkylation sites (tertiary alicyclic amines) is 1. The fourth-order valence-electron chi connectivity index (χ4n) is 2.44. The van der Waals surface area contributed by atoms with Gasteiger partial charge in [-0.3, -0.25) is 9.59 Å². The second-order valence-electron chi connectivity index (χ2n) is 5.75. The molecule has 2 atom stereocenters. The van der Waals surface area contributed by atoms with Crippen LogP contribution < -0.4 is 11.1 Å². The third-order valence-electron chi connectivity index (χ3n) is 3.67. The van der Waals surface area contributed by atoms with Crippen molar-refractivity contribution in [3.8, 4) is 0 Å². The number of rotatable bonds is 5. The number of carbonyl (C=O) groups excluding carboxylic acids is 2. The number of nitrogens with one attached hydrogen (secondary N) is 1. The van der Waals surface area contributed by atoms with Crippen molar-refractivity contribution in [2.75, 3.05) is 13.1 Å². The third-order valence-corrected chi connectivity index (χ3v) is 3.67. The molecule has 20 heavy (non-hydrogen) atoms. The summed E-state index contributed by atoms with van der Waals surface area (Å²) in [6.45, 7) is 7.03. The zero-order valence-electron chi connectivity index (χ0n) is 12.8. The van der Waals surface area contributed by atoms with Crippen LogP contribution in [0.1, 0.15) is 52.9 Å². The first kappa shape index (κ1) is 19.2. The van der Waals surface area contributed by atoms with E-state index in [9.17, 15) is 9.59 Å². The number of hydrogen-bond donors (Lipinski definition) is 2. The van der Waals surface area contributed by atoms with E-state index >= 15 is 0 Å². The average Bonchev–Trinajstić information content (AvgIpc) is 2.38. The van der Waals surface area contributed by atoms with Gasteiger partial charge in [0.15, 0.2) is 0 Å². The monoisotopic (exact) mass is 305 g/mol. The predicted octanol–water partition coefficient (Wildman–Crippen LogP) is 1.44. The molecule has 0 aliphatic carbocycles. The van der Waals surface area contributed by atoms with E-state index in [-0.39, 0.29) is 24.2 Å². The van der Waals surface area contributed by atoms with Crippen molar-refractivity contribution in [1.29, 1.82) is 0 Å². The molecule has 2 unspecified atom stereocenters. The highest BCUT2D eigenvalue weighted by molar-refractivity contribution is 5.91. The number of nitrogens with zero attached hydrogens (tertiary/aromatic N) is 1. The second kappa shape index (κ2) is 8.47. The van der Waals surface area contributed by atoms with E-state index in [0.29, 0.717) is 6.42 Å². The molecule has 1 aliphatic heterocycles. The Hall–Kier alpha value is -0.810. The molecule has 1 fully saturated rings. The van der Waals surface area contributed by atoms with Gasteiger partial charge in [0, 0.05) is 13.1 Å². The molecule has 0 radical (unpaired) electrons. The zero-order valence-corrected chi connectivity index (χ0v) is 13.6. The molecule has 0 saturated carbocycles. The summed E-state index contributed by atoms with van der Waals surface area (Å²) in [5.74, 6) is -0.243. The minimum atomic E-state index is -0.898. The number of nitrogens with two attached hydrogens (primary N) is 1. The number of hydrogen-bond acceptors (Lipinski definition) is 3. The average molecular weight is 306 g/mol. The summed E-state index contributed by atoms with van der Waals surface area (Å²) in [6, 6.07) is -0.495.